The average Bonchev–Trinajstić information content (AvgIpc) is 3.11. The summed E-state index contributed by atoms with van der Waals surface area (Å²) in [6.07, 6.45) is 2.66. The SMILES string of the molecule is CCC(=O)N1CCC[C@@H]1c1nc2ccccc2n1CC(C)C. The van der Waals surface area contributed by atoms with Crippen LogP contribution in [0.5, 0.6) is 0 Å². The van der Waals surface area contributed by atoms with Crippen molar-refractivity contribution in [1.82, 2.24) is 14.5 Å². The summed E-state index contributed by atoms with van der Waals surface area (Å²) in [4.78, 5) is 19.1. The van der Waals surface area contributed by atoms with Crippen LogP contribution in [0.1, 0.15) is 51.9 Å². The van der Waals surface area contributed by atoms with Crippen molar-refractivity contribution in [2.75, 3.05) is 6.54 Å². The van der Waals surface area contributed by atoms with Crippen molar-refractivity contribution in [3.05, 3.63) is 30.1 Å². The van der Waals surface area contributed by atoms with Crippen molar-refractivity contribution in [2.24, 2.45) is 5.92 Å². The zero-order valence-corrected chi connectivity index (χ0v) is 13.7. The summed E-state index contributed by atoms with van der Waals surface area (Å²) < 4.78 is 2.33. The number of carbonyl (C=O) groups is 1. The van der Waals surface area contributed by atoms with Crippen molar-refractivity contribution in [2.45, 2.75) is 52.6 Å². The first kappa shape index (κ1) is 15.1. The first-order chi connectivity index (χ1) is 10.6. The molecule has 2 aromatic rings. The Morgan fingerprint density at radius 3 is 2.86 bits per heavy atom. The first-order valence-electron chi connectivity index (χ1n) is 8.36. The molecule has 0 unspecified atom stereocenters. The number of amides is 1. The Morgan fingerprint density at radius 1 is 1.36 bits per heavy atom. The van der Waals surface area contributed by atoms with E-state index in [2.05, 4.69) is 36.6 Å². The van der Waals surface area contributed by atoms with Crippen LogP contribution < -0.4 is 0 Å². The number of rotatable bonds is 4. The van der Waals surface area contributed by atoms with E-state index >= 15 is 0 Å². The molecule has 4 heteroatoms. The lowest BCUT2D eigenvalue weighted by molar-refractivity contribution is -0.131. The van der Waals surface area contributed by atoms with Crippen LogP contribution in [0.25, 0.3) is 11.0 Å². The maximum Gasteiger partial charge on any atom is 0.222 e. The van der Waals surface area contributed by atoms with Gasteiger partial charge in [-0.3, -0.25) is 4.79 Å². The molecule has 1 fully saturated rings. The minimum Gasteiger partial charge on any atom is -0.333 e. The number of carbonyl (C=O) groups excluding carboxylic acids is 1. The summed E-state index contributed by atoms with van der Waals surface area (Å²) in [5, 5.41) is 0. The van der Waals surface area contributed by atoms with Crippen LogP contribution >= 0.6 is 0 Å². The predicted octanol–water partition coefficient (Wildman–Crippen LogP) is 3.77. The molecule has 0 saturated carbocycles. The van der Waals surface area contributed by atoms with E-state index in [-0.39, 0.29) is 11.9 Å². The minimum atomic E-state index is 0.138. The fraction of sp³-hybridized carbons (Fsp3) is 0.556. The predicted molar refractivity (Wildman–Crippen MR) is 88.6 cm³/mol. The maximum atomic E-state index is 12.2. The highest BCUT2D eigenvalue weighted by molar-refractivity contribution is 5.78. The number of hydrogen-bond acceptors (Lipinski definition) is 2. The van der Waals surface area contributed by atoms with Crippen LogP contribution in [0.4, 0.5) is 0 Å². The van der Waals surface area contributed by atoms with Crippen molar-refractivity contribution < 1.29 is 4.79 Å². The molecule has 1 aromatic carbocycles. The number of hydrogen-bond donors (Lipinski definition) is 0. The molecule has 0 aliphatic carbocycles. The molecule has 1 aromatic heterocycles. The van der Waals surface area contributed by atoms with Crippen molar-refractivity contribution >= 4 is 16.9 Å². The summed E-state index contributed by atoms with van der Waals surface area (Å²) in [6.45, 7) is 8.20. The van der Waals surface area contributed by atoms with Gasteiger partial charge in [-0.15, -0.1) is 0 Å². The van der Waals surface area contributed by atoms with Crippen LogP contribution in [-0.2, 0) is 11.3 Å². The van der Waals surface area contributed by atoms with E-state index in [0.29, 0.717) is 12.3 Å². The molecule has 1 aliphatic rings. The molecule has 1 atom stereocenters. The van der Waals surface area contributed by atoms with Gasteiger partial charge in [0.2, 0.25) is 5.91 Å². The third-order valence-corrected chi connectivity index (χ3v) is 4.41. The Morgan fingerprint density at radius 2 is 2.14 bits per heavy atom. The van der Waals surface area contributed by atoms with E-state index in [1.807, 2.05) is 17.9 Å². The van der Waals surface area contributed by atoms with Gasteiger partial charge in [0.1, 0.15) is 5.82 Å². The zero-order valence-electron chi connectivity index (χ0n) is 13.7. The van der Waals surface area contributed by atoms with Gasteiger partial charge in [-0.1, -0.05) is 32.9 Å². The van der Waals surface area contributed by atoms with E-state index in [1.54, 1.807) is 0 Å². The van der Waals surface area contributed by atoms with Gasteiger partial charge in [0.25, 0.3) is 0 Å². The molecular formula is C18H25N3O. The van der Waals surface area contributed by atoms with Gasteiger partial charge < -0.3 is 9.47 Å². The van der Waals surface area contributed by atoms with Gasteiger partial charge in [-0.25, -0.2) is 4.98 Å². The topological polar surface area (TPSA) is 38.1 Å². The molecule has 2 heterocycles. The van der Waals surface area contributed by atoms with Crippen LogP contribution in [-0.4, -0.2) is 26.9 Å². The van der Waals surface area contributed by atoms with Crippen LogP contribution in [0.15, 0.2) is 24.3 Å². The standard InChI is InChI=1S/C18H25N3O/c1-4-17(22)20-11-7-10-16(20)18-19-14-8-5-6-9-15(14)21(18)12-13(2)3/h5-6,8-9,13,16H,4,7,10-12H2,1-3H3/t16-/m1/s1. The Kier molecular flexibility index (Phi) is 4.19. The van der Waals surface area contributed by atoms with Gasteiger partial charge >= 0.3 is 0 Å². The number of likely N-dealkylation sites (tertiary alicyclic amines) is 1. The van der Waals surface area contributed by atoms with Crippen LogP contribution in [0.3, 0.4) is 0 Å². The Balaban J connectivity index is 2.07. The number of para-hydroxylation sites is 2. The molecule has 1 amide bonds. The van der Waals surface area contributed by atoms with Gasteiger partial charge in [0.05, 0.1) is 17.1 Å². The Labute approximate surface area is 132 Å². The van der Waals surface area contributed by atoms with Crippen LogP contribution in [0.2, 0.25) is 0 Å². The summed E-state index contributed by atoms with van der Waals surface area (Å²) in [7, 11) is 0. The second-order valence-electron chi connectivity index (χ2n) is 6.56. The number of aromatic nitrogens is 2. The third kappa shape index (κ3) is 2.62. The van der Waals surface area contributed by atoms with Gasteiger partial charge in [0, 0.05) is 19.5 Å². The van der Waals surface area contributed by atoms with Crippen molar-refractivity contribution in [3.8, 4) is 0 Å². The lowest BCUT2D eigenvalue weighted by Gasteiger charge is -2.25. The highest BCUT2D eigenvalue weighted by Gasteiger charge is 2.32. The zero-order chi connectivity index (χ0) is 15.7. The van der Waals surface area contributed by atoms with Crippen molar-refractivity contribution in [1.29, 1.82) is 0 Å². The lowest BCUT2D eigenvalue weighted by atomic mass is 10.1. The van der Waals surface area contributed by atoms with Gasteiger partial charge in [0.15, 0.2) is 0 Å². The molecule has 0 bridgehead atoms. The highest BCUT2D eigenvalue weighted by atomic mass is 16.2. The van der Waals surface area contributed by atoms with E-state index in [1.165, 1.54) is 5.52 Å². The molecule has 118 valence electrons. The quantitative estimate of drug-likeness (QED) is 0.862. The van der Waals surface area contributed by atoms with Gasteiger partial charge in [-0.05, 0) is 30.9 Å². The number of fused-ring (bicyclic) bond motifs is 1. The van der Waals surface area contributed by atoms with Crippen LogP contribution in [0, 0.1) is 5.92 Å². The summed E-state index contributed by atoms with van der Waals surface area (Å²) in [5.41, 5.74) is 2.22. The van der Waals surface area contributed by atoms with E-state index in [9.17, 15) is 4.79 Å². The number of imidazole rings is 1. The van der Waals surface area contributed by atoms with E-state index in [0.717, 1.165) is 37.3 Å². The van der Waals surface area contributed by atoms with E-state index in [4.69, 9.17) is 4.98 Å². The molecule has 4 nitrogen and oxygen atoms in total. The maximum absolute atomic E-state index is 12.2. The average molecular weight is 299 g/mol. The largest absolute Gasteiger partial charge is 0.333 e. The molecule has 0 spiro atoms. The summed E-state index contributed by atoms with van der Waals surface area (Å²) in [6, 6.07) is 8.43. The fourth-order valence-corrected chi connectivity index (χ4v) is 3.44. The Hall–Kier alpha value is -1.84. The van der Waals surface area contributed by atoms with Gasteiger partial charge in [-0.2, -0.15) is 0 Å². The smallest absolute Gasteiger partial charge is 0.222 e. The lowest BCUT2D eigenvalue weighted by Crippen LogP contribution is -2.31. The molecule has 0 N–H and O–H groups in total. The summed E-state index contributed by atoms with van der Waals surface area (Å²) in [5.74, 6) is 1.85. The minimum absolute atomic E-state index is 0.138. The number of benzene rings is 1. The molecule has 22 heavy (non-hydrogen) atoms. The first-order valence-corrected chi connectivity index (χ1v) is 8.36. The molecule has 1 saturated heterocycles. The third-order valence-electron chi connectivity index (χ3n) is 4.41. The van der Waals surface area contributed by atoms with E-state index < -0.39 is 0 Å². The molecule has 0 radical (unpaired) electrons. The normalized spacial score (nSPS) is 18.5. The molecule has 1 aliphatic heterocycles. The highest BCUT2D eigenvalue weighted by Crippen LogP contribution is 2.34. The fourth-order valence-electron chi connectivity index (χ4n) is 3.44. The molecule has 3 rings (SSSR count). The van der Waals surface area contributed by atoms with Crippen molar-refractivity contribution in [3.63, 3.8) is 0 Å². The number of nitrogens with zero attached hydrogens (tertiary/aromatic N) is 3. The monoisotopic (exact) mass is 299 g/mol. The molecular weight excluding hydrogens is 274 g/mol. The summed E-state index contributed by atoms with van der Waals surface area (Å²) >= 11 is 0. The second-order valence-corrected chi connectivity index (χ2v) is 6.56. The Bertz CT molecular complexity index is 674. The second kappa shape index (κ2) is 6.11.